The number of hydrogen-bond donors (Lipinski definition) is 1. The predicted octanol–water partition coefficient (Wildman–Crippen LogP) is 1.97. The predicted molar refractivity (Wildman–Crippen MR) is 57.3 cm³/mol. The van der Waals surface area contributed by atoms with Crippen molar-refractivity contribution in [2.45, 2.75) is 26.5 Å². The fourth-order valence-electron chi connectivity index (χ4n) is 1.17. The summed E-state index contributed by atoms with van der Waals surface area (Å²) in [6, 6.07) is 3.70. The van der Waals surface area contributed by atoms with Gasteiger partial charge in [0, 0.05) is 12.7 Å². The number of nitrogens with one attached hydrogen (secondary N) is 1. The Labute approximate surface area is 93.8 Å². The first-order chi connectivity index (χ1) is 7.72. The zero-order valence-corrected chi connectivity index (χ0v) is 9.25. The van der Waals surface area contributed by atoms with Crippen LogP contribution in [0.5, 0.6) is 0 Å². The van der Waals surface area contributed by atoms with Gasteiger partial charge in [-0.1, -0.05) is 13.0 Å². The maximum absolute atomic E-state index is 11.8. The molecule has 0 atom stereocenters. The summed E-state index contributed by atoms with van der Waals surface area (Å²) in [6.45, 7) is 3.29. The normalized spacial score (nSPS) is 11.0. The third-order valence-electron chi connectivity index (χ3n) is 1.96. The zero-order valence-electron chi connectivity index (χ0n) is 9.25. The Morgan fingerprint density at radius 2 is 2.25 bits per heavy atom. The van der Waals surface area contributed by atoms with Crippen molar-refractivity contribution in [2.75, 3.05) is 13.2 Å². The minimum atomic E-state index is -2.42. The lowest BCUT2D eigenvalue weighted by molar-refractivity contribution is 0.00883. The molecule has 0 unspecified atom stereocenters. The monoisotopic (exact) mass is 230 g/mol. The highest BCUT2D eigenvalue weighted by molar-refractivity contribution is 5.13. The SMILES string of the molecule is CCNCc1ccc(COCC(F)F)nc1. The van der Waals surface area contributed by atoms with Crippen molar-refractivity contribution < 1.29 is 13.5 Å². The molecule has 0 saturated carbocycles. The first kappa shape index (κ1) is 13.0. The molecule has 0 bridgehead atoms. The molecule has 1 rings (SSSR count). The van der Waals surface area contributed by atoms with Gasteiger partial charge in [0.2, 0.25) is 0 Å². The lowest BCUT2D eigenvalue weighted by Gasteiger charge is -2.05. The van der Waals surface area contributed by atoms with E-state index in [1.807, 2.05) is 13.0 Å². The van der Waals surface area contributed by atoms with E-state index in [0.29, 0.717) is 5.69 Å². The summed E-state index contributed by atoms with van der Waals surface area (Å²) in [5.41, 5.74) is 1.74. The van der Waals surface area contributed by atoms with Crippen LogP contribution in [0.3, 0.4) is 0 Å². The molecule has 1 N–H and O–H groups in total. The largest absolute Gasteiger partial charge is 0.369 e. The molecule has 1 aromatic rings. The fraction of sp³-hybridized carbons (Fsp3) is 0.545. The highest BCUT2D eigenvalue weighted by Gasteiger charge is 2.02. The minimum Gasteiger partial charge on any atom is -0.369 e. The molecule has 0 aliphatic rings. The van der Waals surface area contributed by atoms with Gasteiger partial charge in [0.05, 0.1) is 12.3 Å². The molecule has 1 aromatic heterocycles. The van der Waals surface area contributed by atoms with E-state index in [0.717, 1.165) is 18.7 Å². The van der Waals surface area contributed by atoms with Gasteiger partial charge in [0.1, 0.15) is 6.61 Å². The summed E-state index contributed by atoms with van der Waals surface area (Å²) in [4.78, 5) is 4.12. The number of alkyl halides is 2. The van der Waals surface area contributed by atoms with Crippen molar-refractivity contribution in [2.24, 2.45) is 0 Å². The lowest BCUT2D eigenvalue weighted by atomic mass is 10.2. The summed E-state index contributed by atoms with van der Waals surface area (Å²) in [5, 5.41) is 3.17. The molecule has 0 amide bonds. The second kappa shape index (κ2) is 7.24. The Morgan fingerprint density at radius 1 is 1.44 bits per heavy atom. The van der Waals surface area contributed by atoms with Crippen molar-refractivity contribution in [1.82, 2.24) is 10.3 Å². The zero-order chi connectivity index (χ0) is 11.8. The van der Waals surface area contributed by atoms with Crippen molar-refractivity contribution in [3.05, 3.63) is 29.6 Å². The van der Waals surface area contributed by atoms with Gasteiger partial charge >= 0.3 is 0 Å². The van der Waals surface area contributed by atoms with E-state index in [-0.39, 0.29) is 6.61 Å². The molecule has 16 heavy (non-hydrogen) atoms. The molecule has 0 aliphatic heterocycles. The molecule has 0 fully saturated rings. The van der Waals surface area contributed by atoms with E-state index in [1.165, 1.54) is 0 Å². The lowest BCUT2D eigenvalue weighted by Crippen LogP contribution is -2.12. The van der Waals surface area contributed by atoms with E-state index in [1.54, 1.807) is 12.3 Å². The van der Waals surface area contributed by atoms with Crippen molar-refractivity contribution in [3.63, 3.8) is 0 Å². The van der Waals surface area contributed by atoms with Crippen LogP contribution in [0.15, 0.2) is 18.3 Å². The Kier molecular flexibility index (Phi) is 5.88. The molecule has 0 saturated heterocycles. The molecule has 3 nitrogen and oxygen atoms in total. The number of aromatic nitrogens is 1. The quantitative estimate of drug-likeness (QED) is 0.777. The Morgan fingerprint density at radius 3 is 2.81 bits per heavy atom. The van der Waals surface area contributed by atoms with Crippen LogP contribution in [0.2, 0.25) is 0 Å². The average molecular weight is 230 g/mol. The van der Waals surface area contributed by atoms with Gasteiger partial charge in [-0.3, -0.25) is 4.98 Å². The van der Waals surface area contributed by atoms with Crippen LogP contribution in [-0.2, 0) is 17.9 Å². The topological polar surface area (TPSA) is 34.1 Å². The summed E-state index contributed by atoms with van der Waals surface area (Å²) in [7, 11) is 0. The number of hydrogen-bond acceptors (Lipinski definition) is 3. The molecular formula is C11H16F2N2O. The van der Waals surface area contributed by atoms with Gasteiger partial charge < -0.3 is 10.1 Å². The molecule has 90 valence electrons. The molecule has 1 heterocycles. The number of ether oxygens (including phenoxy) is 1. The van der Waals surface area contributed by atoms with Gasteiger partial charge in [-0.15, -0.1) is 0 Å². The van der Waals surface area contributed by atoms with Crippen molar-refractivity contribution >= 4 is 0 Å². The van der Waals surface area contributed by atoms with Crippen LogP contribution in [0.25, 0.3) is 0 Å². The van der Waals surface area contributed by atoms with Gasteiger partial charge in [-0.05, 0) is 18.2 Å². The van der Waals surface area contributed by atoms with Crippen LogP contribution in [0.1, 0.15) is 18.2 Å². The number of halogens is 2. The maximum atomic E-state index is 11.8. The summed E-state index contributed by atoms with van der Waals surface area (Å²) >= 11 is 0. The van der Waals surface area contributed by atoms with Crippen molar-refractivity contribution in [3.8, 4) is 0 Å². The molecule has 0 spiro atoms. The van der Waals surface area contributed by atoms with E-state index >= 15 is 0 Å². The Balaban J connectivity index is 2.33. The van der Waals surface area contributed by atoms with E-state index in [2.05, 4.69) is 10.3 Å². The molecule has 0 radical (unpaired) electrons. The van der Waals surface area contributed by atoms with Crippen LogP contribution >= 0.6 is 0 Å². The first-order valence-electron chi connectivity index (χ1n) is 5.22. The number of rotatable bonds is 7. The van der Waals surface area contributed by atoms with Crippen LogP contribution in [0, 0.1) is 0 Å². The standard InChI is InChI=1S/C11H16F2N2O/c1-2-14-5-9-3-4-10(15-6-9)7-16-8-11(12)13/h3-4,6,11,14H,2,5,7-8H2,1H3. The summed E-state index contributed by atoms with van der Waals surface area (Å²) in [5.74, 6) is 0. The molecule has 0 aliphatic carbocycles. The molecule has 5 heteroatoms. The maximum Gasteiger partial charge on any atom is 0.261 e. The van der Waals surface area contributed by atoms with Gasteiger partial charge in [-0.25, -0.2) is 8.78 Å². The second-order valence-electron chi connectivity index (χ2n) is 3.34. The fourth-order valence-corrected chi connectivity index (χ4v) is 1.17. The van der Waals surface area contributed by atoms with Crippen LogP contribution in [-0.4, -0.2) is 24.6 Å². The van der Waals surface area contributed by atoms with E-state index in [4.69, 9.17) is 4.74 Å². The smallest absolute Gasteiger partial charge is 0.261 e. The third kappa shape index (κ3) is 5.14. The van der Waals surface area contributed by atoms with E-state index < -0.39 is 13.0 Å². The molecule has 0 aromatic carbocycles. The summed E-state index contributed by atoms with van der Waals surface area (Å²) in [6.07, 6.45) is -0.697. The van der Waals surface area contributed by atoms with Crippen molar-refractivity contribution in [1.29, 1.82) is 0 Å². The number of nitrogens with zero attached hydrogens (tertiary/aromatic N) is 1. The highest BCUT2D eigenvalue weighted by Crippen LogP contribution is 2.03. The molecular weight excluding hydrogens is 214 g/mol. The van der Waals surface area contributed by atoms with Gasteiger partial charge in [0.25, 0.3) is 6.43 Å². The first-order valence-corrected chi connectivity index (χ1v) is 5.22. The Bertz CT molecular complexity index is 291. The van der Waals surface area contributed by atoms with E-state index in [9.17, 15) is 8.78 Å². The van der Waals surface area contributed by atoms with Crippen LogP contribution < -0.4 is 5.32 Å². The Hall–Kier alpha value is -1.07. The van der Waals surface area contributed by atoms with Gasteiger partial charge in [-0.2, -0.15) is 0 Å². The minimum absolute atomic E-state index is 0.131. The average Bonchev–Trinajstić information content (AvgIpc) is 2.27. The van der Waals surface area contributed by atoms with Gasteiger partial charge in [0.15, 0.2) is 0 Å². The van der Waals surface area contributed by atoms with Crippen LogP contribution in [0.4, 0.5) is 8.78 Å². The third-order valence-corrected chi connectivity index (χ3v) is 1.96. The number of pyridine rings is 1. The highest BCUT2D eigenvalue weighted by atomic mass is 19.3. The second-order valence-corrected chi connectivity index (χ2v) is 3.34. The summed E-state index contributed by atoms with van der Waals surface area (Å²) < 4.78 is 28.3.